The van der Waals surface area contributed by atoms with Gasteiger partial charge in [0.05, 0.1) is 6.42 Å². The first-order valence-electron chi connectivity index (χ1n) is 12.2. The summed E-state index contributed by atoms with van der Waals surface area (Å²) in [7, 11) is 1.58. The zero-order valence-corrected chi connectivity index (χ0v) is 20.5. The molecule has 3 aromatic carbocycles. The van der Waals surface area contributed by atoms with Gasteiger partial charge in [-0.1, -0.05) is 66.2 Å². The van der Waals surface area contributed by atoms with Crippen molar-refractivity contribution in [3.63, 3.8) is 0 Å². The maximum atomic E-state index is 13.4. The Hall–Kier alpha value is -4.19. The zero-order chi connectivity index (χ0) is 25.2. The van der Waals surface area contributed by atoms with Crippen LogP contribution >= 0.6 is 0 Å². The van der Waals surface area contributed by atoms with Crippen molar-refractivity contribution in [2.24, 2.45) is 7.05 Å². The summed E-state index contributed by atoms with van der Waals surface area (Å²) in [5.74, 6) is -0.705. The Morgan fingerprint density at radius 2 is 1.61 bits per heavy atom. The molecule has 0 fully saturated rings. The number of carbonyl (C=O) groups excluding carboxylic acids is 2. The highest BCUT2D eigenvalue weighted by atomic mass is 16.5. The third kappa shape index (κ3) is 4.31. The van der Waals surface area contributed by atoms with E-state index in [4.69, 9.17) is 4.74 Å². The molecule has 0 atom stereocenters. The molecule has 1 amide bonds. The van der Waals surface area contributed by atoms with Crippen LogP contribution in [0.1, 0.15) is 34.5 Å². The number of fused-ring (bicyclic) bond motifs is 2. The second-order valence-electron chi connectivity index (χ2n) is 9.16. The first-order chi connectivity index (χ1) is 17.5. The average Bonchev–Trinajstić information content (AvgIpc) is 2.90. The highest BCUT2D eigenvalue weighted by Gasteiger charge is 2.25. The van der Waals surface area contributed by atoms with Crippen LogP contribution in [0.5, 0.6) is 0 Å². The van der Waals surface area contributed by atoms with Crippen LogP contribution in [0, 0.1) is 6.92 Å². The van der Waals surface area contributed by atoms with Crippen molar-refractivity contribution >= 4 is 28.3 Å². The average molecular weight is 481 g/mol. The number of esters is 1. The Morgan fingerprint density at radius 3 is 2.39 bits per heavy atom. The fourth-order valence-corrected chi connectivity index (χ4v) is 4.94. The Labute approximate surface area is 209 Å². The Kier molecular flexibility index (Phi) is 6.42. The lowest BCUT2D eigenvalue weighted by Crippen LogP contribution is -2.36. The molecule has 1 aliphatic rings. The van der Waals surface area contributed by atoms with Crippen molar-refractivity contribution in [1.29, 1.82) is 0 Å². The molecular weight excluding hydrogens is 452 g/mol. The summed E-state index contributed by atoms with van der Waals surface area (Å²) >= 11 is 0. The van der Waals surface area contributed by atoms with Gasteiger partial charge >= 0.3 is 5.97 Å². The van der Waals surface area contributed by atoms with Crippen molar-refractivity contribution in [3.05, 3.63) is 100.0 Å². The van der Waals surface area contributed by atoms with E-state index in [1.165, 1.54) is 4.57 Å². The van der Waals surface area contributed by atoms with Crippen LogP contribution in [-0.4, -0.2) is 29.6 Å². The van der Waals surface area contributed by atoms with Crippen LogP contribution in [0.3, 0.4) is 0 Å². The number of aryl methyl sites for hydroxylation is 2. The molecule has 5 rings (SSSR count). The maximum Gasteiger partial charge on any atom is 0.355 e. The third-order valence-corrected chi connectivity index (χ3v) is 6.80. The van der Waals surface area contributed by atoms with E-state index in [0.29, 0.717) is 22.9 Å². The van der Waals surface area contributed by atoms with E-state index >= 15 is 0 Å². The lowest BCUT2D eigenvalue weighted by molar-refractivity contribution is -0.119. The lowest BCUT2D eigenvalue weighted by atomic mass is 9.96. The van der Waals surface area contributed by atoms with Gasteiger partial charge in [0.1, 0.15) is 12.3 Å². The topological polar surface area (TPSA) is 68.6 Å². The number of nitrogens with zero attached hydrogens (tertiary/aromatic N) is 2. The van der Waals surface area contributed by atoms with Gasteiger partial charge in [-0.05, 0) is 48.4 Å². The van der Waals surface area contributed by atoms with Crippen molar-refractivity contribution in [1.82, 2.24) is 4.57 Å². The van der Waals surface area contributed by atoms with Gasteiger partial charge < -0.3 is 14.2 Å². The van der Waals surface area contributed by atoms with Crippen molar-refractivity contribution in [2.75, 3.05) is 18.1 Å². The molecule has 182 valence electrons. The van der Waals surface area contributed by atoms with Crippen LogP contribution in [-0.2, 0) is 23.0 Å². The number of aromatic nitrogens is 1. The predicted molar refractivity (Wildman–Crippen MR) is 141 cm³/mol. The summed E-state index contributed by atoms with van der Waals surface area (Å²) < 4.78 is 6.95. The summed E-state index contributed by atoms with van der Waals surface area (Å²) in [6.07, 6.45) is 1.93. The number of benzene rings is 3. The van der Waals surface area contributed by atoms with E-state index < -0.39 is 5.97 Å². The second kappa shape index (κ2) is 9.82. The lowest BCUT2D eigenvalue weighted by Gasteiger charge is -2.29. The zero-order valence-electron chi connectivity index (χ0n) is 20.5. The minimum absolute atomic E-state index is 0.0648. The van der Waals surface area contributed by atoms with Gasteiger partial charge in [-0.25, -0.2) is 4.79 Å². The SMILES string of the molecule is Cc1ccc(-c2c(C(=O)OCCC(=O)N3CCCc4ccccc43)n(C)c(=O)c3ccccc23)cc1. The molecular formula is C30H28N2O4. The fraction of sp³-hybridized carbons (Fsp3) is 0.233. The predicted octanol–water partition coefficient (Wildman–Crippen LogP) is 5.04. The Bertz CT molecular complexity index is 1520. The standard InChI is InChI=1S/C30H28N2O4/c1-20-13-15-22(16-14-20)27-23-10-4-5-11-24(23)29(34)31(2)28(27)30(35)36-19-17-26(33)32-18-7-9-21-8-3-6-12-25(21)32/h3-6,8,10-16H,7,9,17-19H2,1-2H3. The molecule has 0 spiro atoms. The normalized spacial score (nSPS) is 12.9. The molecule has 6 heteroatoms. The number of anilines is 1. The summed E-state index contributed by atoms with van der Waals surface area (Å²) in [5, 5.41) is 1.23. The maximum absolute atomic E-state index is 13.4. The molecule has 1 aliphatic heterocycles. The molecule has 0 unspecified atom stereocenters. The fourth-order valence-electron chi connectivity index (χ4n) is 4.94. The quantitative estimate of drug-likeness (QED) is 0.375. The summed E-state index contributed by atoms with van der Waals surface area (Å²) in [4.78, 5) is 41.2. The summed E-state index contributed by atoms with van der Waals surface area (Å²) in [6.45, 7) is 2.58. The van der Waals surface area contributed by atoms with E-state index in [1.54, 1.807) is 18.0 Å². The van der Waals surface area contributed by atoms with Crippen LogP contribution < -0.4 is 10.5 Å². The molecule has 0 aliphatic carbocycles. The largest absolute Gasteiger partial charge is 0.460 e. The van der Waals surface area contributed by atoms with E-state index in [2.05, 4.69) is 0 Å². The van der Waals surface area contributed by atoms with Crippen molar-refractivity contribution in [2.45, 2.75) is 26.2 Å². The van der Waals surface area contributed by atoms with Gasteiger partial charge in [0.15, 0.2) is 0 Å². The monoisotopic (exact) mass is 480 g/mol. The van der Waals surface area contributed by atoms with Crippen LogP contribution in [0.15, 0.2) is 77.6 Å². The molecule has 0 saturated heterocycles. The molecule has 0 bridgehead atoms. The van der Waals surface area contributed by atoms with E-state index in [9.17, 15) is 14.4 Å². The number of pyridine rings is 1. The van der Waals surface area contributed by atoms with Crippen LogP contribution in [0.2, 0.25) is 0 Å². The number of ether oxygens (including phenoxy) is 1. The van der Waals surface area contributed by atoms with Crippen LogP contribution in [0.4, 0.5) is 5.69 Å². The second-order valence-corrected chi connectivity index (χ2v) is 9.16. The van der Waals surface area contributed by atoms with Gasteiger partial charge in [0, 0.05) is 30.2 Å². The van der Waals surface area contributed by atoms with Gasteiger partial charge in [-0.15, -0.1) is 0 Å². The molecule has 0 N–H and O–H groups in total. The van der Waals surface area contributed by atoms with E-state index in [-0.39, 0.29) is 30.2 Å². The number of rotatable bonds is 5. The van der Waals surface area contributed by atoms with Gasteiger partial charge in [0.25, 0.3) is 5.56 Å². The third-order valence-electron chi connectivity index (χ3n) is 6.80. The summed E-state index contributed by atoms with van der Waals surface area (Å²) in [6, 6.07) is 23.0. The number of amides is 1. The number of hydrogen-bond acceptors (Lipinski definition) is 4. The number of hydrogen-bond donors (Lipinski definition) is 0. The van der Waals surface area contributed by atoms with Crippen molar-refractivity contribution in [3.8, 4) is 11.1 Å². The molecule has 2 heterocycles. The van der Waals surface area contributed by atoms with Gasteiger partial charge in [-0.3, -0.25) is 9.59 Å². The van der Waals surface area contributed by atoms with Gasteiger partial charge in [0.2, 0.25) is 5.91 Å². The highest BCUT2D eigenvalue weighted by Crippen LogP contribution is 2.31. The molecule has 4 aromatic rings. The molecule has 0 radical (unpaired) electrons. The Morgan fingerprint density at radius 1 is 0.917 bits per heavy atom. The first-order valence-corrected chi connectivity index (χ1v) is 12.2. The minimum atomic E-state index is -0.622. The molecule has 36 heavy (non-hydrogen) atoms. The molecule has 0 saturated carbocycles. The van der Waals surface area contributed by atoms with E-state index in [1.807, 2.05) is 73.7 Å². The smallest absolute Gasteiger partial charge is 0.355 e. The first kappa shape index (κ1) is 23.5. The van der Waals surface area contributed by atoms with Crippen LogP contribution in [0.25, 0.3) is 21.9 Å². The Balaban J connectivity index is 1.43. The van der Waals surface area contributed by atoms with E-state index in [0.717, 1.165) is 35.2 Å². The van der Waals surface area contributed by atoms with Gasteiger partial charge in [-0.2, -0.15) is 0 Å². The number of para-hydroxylation sites is 1. The van der Waals surface area contributed by atoms with Crippen molar-refractivity contribution < 1.29 is 14.3 Å². The number of carbonyl (C=O) groups is 2. The molecule has 6 nitrogen and oxygen atoms in total. The summed E-state index contributed by atoms with van der Waals surface area (Å²) in [5.41, 5.74) is 4.55. The minimum Gasteiger partial charge on any atom is -0.460 e. The highest BCUT2D eigenvalue weighted by molar-refractivity contribution is 6.06. The molecule has 1 aromatic heterocycles.